The van der Waals surface area contributed by atoms with Crippen LogP contribution in [0.25, 0.3) is 0 Å². The summed E-state index contributed by atoms with van der Waals surface area (Å²) in [5.41, 5.74) is 1.08. The van der Waals surface area contributed by atoms with Gasteiger partial charge in [0.2, 0.25) is 5.78 Å². The van der Waals surface area contributed by atoms with Crippen LogP contribution in [0.15, 0.2) is 54.6 Å². The molecule has 2 rings (SSSR count). The maximum atomic E-state index is 12.2. The number of nitrogens with one attached hydrogen (secondary N) is 1. The van der Waals surface area contributed by atoms with E-state index in [1.54, 1.807) is 0 Å². The number of ether oxygens (including phenoxy) is 1. The molecule has 4 nitrogen and oxygen atoms in total. The minimum absolute atomic E-state index is 0.113. The highest BCUT2D eigenvalue weighted by atomic mass is 19.3. The predicted molar refractivity (Wildman–Crippen MR) is 77.0 cm³/mol. The van der Waals surface area contributed by atoms with Crippen LogP contribution in [0, 0.1) is 0 Å². The second-order valence-corrected chi connectivity index (χ2v) is 4.43. The largest absolute Gasteiger partial charge is 0.444 e. The van der Waals surface area contributed by atoms with Gasteiger partial charge >= 0.3 is 12.5 Å². The first-order valence-corrected chi connectivity index (χ1v) is 6.46. The summed E-state index contributed by atoms with van der Waals surface area (Å²) in [5.74, 6) is -1.25. The quantitative estimate of drug-likeness (QED) is 0.853. The van der Waals surface area contributed by atoms with Crippen LogP contribution < -0.4 is 5.32 Å². The van der Waals surface area contributed by atoms with Crippen molar-refractivity contribution in [3.8, 4) is 0 Å². The van der Waals surface area contributed by atoms with Crippen LogP contribution in [0.4, 0.5) is 19.3 Å². The molecule has 0 spiro atoms. The minimum Gasteiger partial charge on any atom is -0.444 e. The van der Waals surface area contributed by atoms with Crippen molar-refractivity contribution in [1.29, 1.82) is 0 Å². The third-order valence-corrected chi connectivity index (χ3v) is 2.83. The van der Waals surface area contributed by atoms with Gasteiger partial charge in [-0.15, -0.1) is 0 Å². The molecule has 114 valence electrons. The Morgan fingerprint density at radius 2 is 1.64 bits per heavy atom. The topological polar surface area (TPSA) is 55.4 Å². The Balaban J connectivity index is 1.88. The van der Waals surface area contributed by atoms with Gasteiger partial charge < -0.3 is 4.74 Å². The standard InChI is InChI=1S/C16H13F2NO3/c17-15(18)14(20)12-6-8-13(9-7-12)19-16(21)22-10-11-4-2-1-3-5-11/h1-9,15H,10H2,(H,19,21). The molecule has 0 aromatic heterocycles. The highest BCUT2D eigenvalue weighted by Gasteiger charge is 2.17. The number of hydrogen-bond donors (Lipinski definition) is 1. The lowest BCUT2D eigenvalue weighted by molar-refractivity contribution is 0.0679. The molecule has 0 unspecified atom stereocenters. The number of benzene rings is 2. The van der Waals surface area contributed by atoms with Crippen molar-refractivity contribution in [2.24, 2.45) is 0 Å². The minimum atomic E-state index is -3.05. The maximum absolute atomic E-state index is 12.2. The molecule has 0 bridgehead atoms. The second kappa shape index (κ2) is 7.31. The number of halogens is 2. The Morgan fingerprint density at radius 1 is 1.00 bits per heavy atom. The first-order chi connectivity index (χ1) is 10.6. The Morgan fingerprint density at radius 3 is 2.23 bits per heavy atom. The van der Waals surface area contributed by atoms with Crippen LogP contribution in [0.2, 0.25) is 0 Å². The average Bonchev–Trinajstić information content (AvgIpc) is 2.54. The van der Waals surface area contributed by atoms with Crippen LogP contribution in [-0.4, -0.2) is 18.3 Å². The Labute approximate surface area is 125 Å². The van der Waals surface area contributed by atoms with Crippen molar-refractivity contribution in [3.63, 3.8) is 0 Å². The summed E-state index contributed by atoms with van der Waals surface area (Å²) in [6.45, 7) is 0.120. The molecule has 0 aliphatic carbocycles. The summed E-state index contributed by atoms with van der Waals surface area (Å²) in [6.07, 6.45) is -3.72. The van der Waals surface area contributed by atoms with Crippen molar-refractivity contribution in [2.75, 3.05) is 5.32 Å². The number of anilines is 1. The zero-order chi connectivity index (χ0) is 15.9. The van der Waals surface area contributed by atoms with E-state index in [-0.39, 0.29) is 12.2 Å². The number of carbonyl (C=O) groups is 2. The molecule has 1 N–H and O–H groups in total. The van der Waals surface area contributed by atoms with Gasteiger partial charge in [-0.25, -0.2) is 13.6 Å². The van der Waals surface area contributed by atoms with Crippen LogP contribution in [0.5, 0.6) is 0 Å². The van der Waals surface area contributed by atoms with Gasteiger partial charge in [0, 0.05) is 11.3 Å². The molecule has 6 heteroatoms. The van der Waals surface area contributed by atoms with E-state index in [2.05, 4.69) is 5.32 Å². The maximum Gasteiger partial charge on any atom is 0.411 e. The normalized spacial score (nSPS) is 10.3. The van der Waals surface area contributed by atoms with E-state index in [0.29, 0.717) is 5.69 Å². The van der Waals surface area contributed by atoms with Gasteiger partial charge in [0.25, 0.3) is 0 Å². The molecule has 2 aromatic carbocycles. The molecule has 0 atom stereocenters. The van der Waals surface area contributed by atoms with Crippen molar-refractivity contribution in [2.45, 2.75) is 13.0 Å². The van der Waals surface area contributed by atoms with Gasteiger partial charge in [0.15, 0.2) is 0 Å². The van der Waals surface area contributed by atoms with E-state index in [4.69, 9.17) is 4.74 Å². The number of amides is 1. The summed E-state index contributed by atoms with van der Waals surface area (Å²) >= 11 is 0. The zero-order valence-corrected chi connectivity index (χ0v) is 11.5. The molecule has 0 heterocycles. The van der Waals surface area contributed by atoms with Crippen LogP contribution in [0.1, 0.15) is 15.9 Å². The summed E-state index contributed by atoms with van der Waals surface area (Å²) < 4.78 is 29.5. The van der Waals surface area contributed by atoms with Gasteiger partial charge in [-0.05, 0) is 29.8 Å². The van der Waals surface area contributed by atoms with Crippen molar-refractivity contribution in [1.82, 2.24) is 0 Å². The Hall–Kier alpha value is -2.76. The van der Waals surface area contributed by atoms with Gasteiger partial charge in [0.05, 0.1) is 0 Å². The molecule has 0 aliphatic rings. The molecule has 0 fully saturated rings. The summed E-state index contributed by atoms with van der Waals surface area (Å²) in [4.78, 5) is 22.7. The number of carbonyl (C=O) groups excluding carboxylic acids is 2. The van der Waals surface area contributed by atoms with Crippen molar-refractivity contribution < 1.29 is 23.1 Å². The Kier molecular flexibility index (Phi) is 5.19. The fourth-order valence-corrected chi connectivity index (χ4v) is 1.72. The first kappa shape index (κ1) is 15.6. The summed E-state index contributed by atoms with van der Waals surface area (Å²) in [7, 11) is 0. The number of Topliss-reactive ketones (excluding diaryl/α,β-unsaturated/α-hetero) is 1. The SMILES string of the molecule is O=C(Nc1ccc(C(=O)C(F)F)cc1)OCc1ccccc1. The average molecular weight is 305 g/mol. The van der Waals surface area contributed by atoms with Crippen LogP contribution in [0.3, 0.4) is 0 Å². The first-order valence-electron chi connectivity index (χ1n) is 6.46. The van der Waals surface area contributed by atoms with E-state index < -0.39 is 18.3 Å². The number of ketones is 1. The second-order valence-electron chi connectivity index (χ2n) is 4.43. The van der Waals surface area contributed by atoms with E-state index in [9.17, 15) is 18.4 Å². The summed E-state index contributed by atoms with van der Waals surface area (Å²) in [5, 5.41) is 2.45. The van der Waals surface area contributed by atoms with E-state index in [0.717, 1.165) is 5.56 Å². The highest BCUT2D eigenvalue weighted by Crippen LogP contribution is 2.13. The predicted octanol–water partition coefficient (Wildman–Crippen LogP) is 3.88. The summed E-state index contributed by atoms with van der Waals surface area (Å²) in [6, 6.07) is 14.3. The zero-order valence-electron chi connectivity index (χ0n) is 11.5. The molecule has 0 aliphatic heterocycles. The van der Waals surface area contributed by atoms with Crippen LogP contribution in [-0.2, 0) is 11.3 Å². The third kappa shape index (κ3) is 4.37. The fraction of sp³-hybridized carbons (Fsp3) is 0.125. The molecule has 0 saturated carbocycles. The fourth-order valence-electron chi connectivity index (χ4n) is 1.72. The van der Waals surface area contributed by atoms with Gasteiger partial charge in [0.1, 0.15) is 6.61 Å². The van der Waals surface area contributed by atoms with E-state index in [1.165, 1.54) is 24.3 Å². The van der Waals surface area contributed by atoms with Gasteiger partial charge in [-0.3, -0.25) is 10.1 Å². The van der Waals surface area contributed by atoms with Crippen molar-refractivity contribution in [3.05, 3.63) is 65.7 Å². The van der Waals surface area contributed by atoms with Crippen molar-refractivity contribution >= 4 is 17.6 Å². The van der Waals surface area contributed by atoms with Gasteiger partial charge in [-0.1, -0.05) is 30.3 Å². The van der Waals surface area contributed by atoms with Crippen LogP contribution >= 0.6 is 0 Å². The lowest BCUT2D eigenvalue weighted by Crippen LogP contribution is -2.14. The molecule has 0 saturated heterocycles. The number of rotatable bonds is 5. The van der Waals surface area contributed by atoms with Gasteiger partial charge in [-0.2, -0.15) is 0 Å². The smallest absolute Gasteiger partial charge is 0.411 e. The van der Waals surface area contributed by atoms with E-state index >= 15 is 0 Å². The molecular weight excluding hydrogens is 292 g/mol. The molecule has 1 amide bonds. The molecule has 2 aromatic rings. The molecular formula is C16H13F2NO3. The molecule has 22 heavy (non-hydrogen) atoms. The molecule has 0 radical (unpaired) electrons. The van der Waals surface area contributed by atoms with E-state index in [1.807, 2.05) is 30.3 Å². The third-order valence-electron chi connectivity index (χ3n) is 2.83. The monoisotopic (exact) mass is 305 g/mol. The highest BCUT2D eigenvalue weighted by molar-refractivity contribution is 5.99. The number of hydrogen-bond acceptors (Lipinski definition) is 3. The Bertz CT molecular complexity index is 642. The lowest BCUT2D eigenvalue weighted by Gasteiger charge is -2.07. The lowest BCUT2D eigenvalue weighted by atomic mass is 10.1. The number of alkyl halides is 2.